The van der Waals surface area contributed by atoms with Crippen LogP contribution in [0.1, 0.15) is 17.0 Å². The van der Waals surface area contributed by atoms with Gasteiger partial charge in [0.15, 0.2) is 0 Å². The fourth-order valence-electron chi connectivity index (χ4n) is 0.838. The van der Waals surface area contributed by atoms with Crippen LogP contribution in [0.15, 0.2) is 16.8 Å². The maximum atomic E-state index is 11.2. The van der Waals surface area contributed by atoms with Crippen molar-refractivity contribution >= 4 is 5.91 Å². The van der Waals surface area contributed by atoms with Crippen molar-refractivity contribution in [2.75, 3.05) is 20.3 Å². The lowest BCUT2D eigenvalue weighted by Gasteiger charge is -2.00. The van der Waals surface area contributed by atoms with E-state index in [2.05, 4.69) is 15.0 Å². The van der Waals surface area contributed by atoms with Crippen molar-refractivity contribution in [1.29, 1.82) is 0 Å². The topological polar surface area (TPSA) is 64.4 Å². The van der Waals surface area contributed by atoms with E-state index >= 15 is 0 Å². The van der Waals surface area contributed by atoms with E-state index in [-0.39, 0.29) is 11.7 Å². The Balaban J connectivity index is 2.19. The van der Waals surface area contributed by atoms with Gasteiger partial charge >= 0.3 is 0 Å². The molecule has 1 aromatic heterocycles. The van der Waals surface area contributed by atoms with Gasteiger partial charge in [-0.3, -0.25) is 4.79 Å². The Morgan fingerprint density at radius 1 is 1.77 bits per heavy atom. The number of nitrogens with one attached hydrogen (secondary N) is 1. The second kappa shape index (κ2) is 5.31. The SMILES string of the molecule is COCCCNC(=O)c1ccno1. The van der Waals surface area contributed by atoms with Gasteiger partial charge in [-0.25, -0.2) is 0 Å². The monoisotopic (exact) mass is 184 g/mol. The molecule has 72 valence electrons. The van der Waals surface area contributed by atoms with Crippen LogP contribution in [0.5, 0.6) is 0 Å². The van der Waals surface area contributed by atoms with Gasteiger partial charge in [-0.1, -0.05) is 5.16 Å². The van der Waals surface area contributed by atoms with Gasteiger partial charge in [0.25, 0.3) is 5.91 Å². The molecule has 0 aliphatic carbocycles. The minimum atomic E-state index is -0.242. The molecule has 0 aliphatic rings. The summed E-state index contributed by atoms with van der Waals surface area (Å²) in [5.41, 5.74) is 0. The number of rotatable bonds is 5. The fraction of sp³-hybridized carbons (Fsp3) is 0.500. The number of amides is 1. The van der Waals surface area contributed by atoms with E-state index in [1.807, 2.05) is 0 Å². The van der Waals surface area contributed by atoms with Gasteiger partial charge in [0.05, 0.1) is 6.20 Å². The van der Waals surface area contributed by atoms with Crippen molar-refractivity contribution in [3.63, 3.8) is 0 Å². The van der Waals surface area contributed by atoms with Crippen LogP contribution in [0.25, 0.3) is 0 Å². The molecule has 1 heterocycles. The van der Waals surface area contributed by atoms with Gasteiger partial charge in [-0.15, -0.1) is 0 Å². The zero-order valence-electron chi connectivity index (χ0n) is 7.45. The molecule has 0 fully saturated rings. The van der Waals surface area contributed by atoms with E-state index in [4.69, 9.17) is 4.74 Å². The number of methoxy groups -OCH3 is 1. The molecule has 5 heteroatoms. The lowest BCUT2D eigenvalue weighted by Crippen LogP contribution is -2.24. The number of hydrogen-bond donors (Lipinski definition) is 1. The standard InChI is InChI=1S/C8H12N2O3/c1-12-6-2-4-9-8(11)7-3-5-10-13-7/h3,5H,2,4,6H2,1H3,(H,9,11). The summed E-state index contributed by atoms with van der Waals surface area (Å²) in [6.07, 6.45) is 2.22. The average Bonchev–Trinajstić information content (AvgIpc) is 2.65. The molecule has 5 nitrogen and oxygen atoms in total. The van der Waals surface area contributed by atoms with Crippen molar-refractivity contribution in [2.45, 2.75) is 6.42 Å². The van der Waals surface area contributed by atoms with Crippen LogP contribution in [0.4, 0.5) is 0 Å². The van der Waals surface area contributed by atoms with E-state index < -0.39 is 0 Å². The molecule has 0 radical (unpaired) electrons. The first-order valence-corrected chi connectivity index (χ1v) is 4.02. The zero-order valence-corrected chi connectivity index (χ0v) is 7.45. The zero-order chi connectivity index (χ0) is 9.52. The number of carbonyl (C=O) groups excluding carboxylic acids is 1. The van der Waals surface area contributed by atoms with Crippen LogP contribution in [-0.2, 0) is 4.74 Å². The first-order chi connectivity index (χ1) is 6.34. The molecule has 13 heavy (non-hydrogen) atoms. The van der Waals surface area contributed by atoms with Crippen molar-refractivity contribution in [3.05, 3.63) is 18.0 Å². The van der Waals surface area contributed by atoms with Gasteiger partial charge in [0.1, 0.15) is 0 Å². The third-order valence-corrected chi connectivity index (χ3v) is 1.47. The number of aromatic nitrogens is 1. The van der Waals surface area contributed by atoms with E-state index in [0.29, 0.717) is 13.2 Å². The summed E-state index contributed by atoms with van der Waals surface area (Å²) < 4.78 is 9.49. The van der Waals surface area contributed by atoms with Crippen molar-refractivity contribution < 1.29 is 14.1 Å². The summed E-state index contributed by atoms with van der Waals surface area (Å²) in [6, 6.07) is 1.52. The van der Waals surface area contributed by atoms with Gasteiger partial charge in [0.2, 0.25) is 5.76 Å². The van der Waals surface area contributed by atoms with Crippen molar-refractivity contribution in [3.8, 4) is 0 Å². The summed E-state index contributed by atoms with van der Waals surface area (Å²) in [5, 5.41) is 6.09. The van der Waals surface area contributed by atoms with Crippen molar-refractivity contribution in [2.24, 2.45) is 0 Å². The third-order valence-electron chi connectivity index (χ3n) is 1.47. The summed E-state index contributed by atoms with van der Waals surface area (Å²) in [4.78, 5) is 11.2. The van der Waals surface area contributed by atoms with E-state index in [0.717, 1.165) is 6.42 Å². The van der Waals surface area contributed by atoms with E-state index in [1.165, 1.54) is 12.3 Å². The minimum Gasteiger partial charge on any atom is -0.385 e. The quantitative estimate of drug-likeness (QED) is 0.674. The molecule has 0 aromatic carbocycles. The first-order valence-electron chi connectivity index (χ1n) is 4.02. The van der Waals surface area contributed by atoms with Crippen LogP contribution < -0.4 is 5.32 Å². The minimum absolute atomic E-state index is 0.234. The van der Waals surface area contributed by atoms with E-state index in [1.54, 1.807) is 7.11 Å². The second-order valence-corrected chi connectivity index (χ2v) is 2.48. The molecule has 1 aromatic rings. The number of hydrogen-bond acceptors (Lipinski definition) is 4. The molecule has 0 aliphatic heterocycles. The summed E-state index contributed by atoms with van der Waals surface area (Å²) in [5.74, 6) is -0.00831. The molecular formula is C8H12N2O3. The van der Waals surface area contributed by atoms with Gasteiger partial charge in [0, 0.05) is 26.3 Å². The number of carbonyl (C=O) groups is 1. The first kappa shape index (κ1) is 9.73. The highest BCUT2D eigenvalue weighted by Crippen LogP contribution is 1.95. The Morgan fingerprint density at radius 2 is 2.62 bits per heavy atom. The van der Waals surface area contributed by atoms with Crippen LogP contribution >= 0.6 is 0 Å². The predicted octanol–water partition coefficient (Wildman–Crippen LogP) is 0.441. The molecule has 0 spiro atoms. The second-order valence-electron chi connectivity index (χ2n) is 2.48. The molecule has 0 atom stereocenters. The summed E-state index contributed by atoms with van der Waals surface area (Å²) >= 11 is 0. The molecular weight excluding hydrogens is 172 g/mol. The maximum absolute atomic E-state index is 11.2. The smallest absolute Gasteiger partial charge is 0.289 e. The Hall–Kier alpha value is -1.36. The van der Waals surface area contributed by atoms with Crippen molar-refractivity contribution in [1.82, 2.24) is 10.5 Å². The summed E-state index contributed by atoms with van der Waals surface area (Å²) in [7, 11) is 1.62. The molecule has 0 saturated heterocycles. The highest BCUT2D eigenvalue weighted by Gasteiger charge is 2.07. The molecule has 1 amide bonds. The average molecular weight is 184 g/mol. The molecule has 1 rings (SSSR count). The largest absolute Gasteiger partial charge is 0.385 e. The van der Waals surface area contributed by atoms with Gasteiger partial charge in [-0.05, 0) is 6.42 Å². The van der Waals surface area contributed by atoms with Gasteiger partial charge < -0.3 is 14.6 Å². The Morgan fingerprint density at radius 3 is 3.23 bits per heavy atom. The Labute approximate surface area is 76.0 Å². The molecule has 0 bridgehead atoms. The van der Waals surface area contributed by atoms with E-state index in [9.17, 15) is 4.79 Å². The van der Waals surface area contributed by atoms with Crippen LogP contribution in [0.2, 0.25) is 0 Å². The van der Waals surface area contributed by atoms with Crippen LogP contribution in [0.3, 0.4) is 0 Å². The predicted molar refractivity (Wildman–Crippen MR) is 45.3 cm³/mol. The lowest BCUT2D eigenvalue weighted by atomic mass is 10.4. The maximum Gasteiger partial charge on any atom is 0.289 e. The Bertz CT molecular complexity index is 246. The normalized spacial score (nSPS) is 9.92. The lowest BCUT2D eigenvalue weighted by molar-refractivity contribution is 0.0912. The summed E-state index contributed by atoms with van der Waals surface area (Å²) in [6.45, 7) is 1.21. The highest BCUT2D eigenvalue weighted by molar-refractivity contribution is 5.91. The fourth-order valence-corrected chi connectivity index (χ4v) is 0.838. The Kier molecular flexibility index (Phi) is 3.98. The molecule has 0 saturated carbocycles. The van der Waals surface area contributed by atoms with Gasteiger partial charge in [-0.2, -0.15) is 0 Å². The number of ether oxygens (including phenoxy) is 1. The third kappa shape index (κ3) is 3.25. The molecule has 1 N–H and O–H groups in total. The van der Waals surface area contributed by atoms with Crippen LogP contribution in [-0.4, -0.2) is 31.3 Å². The molecule has 0 unspecified atom stereocenters. The highest BCUT2D eigenvalue weighted by atomic mass is 16.5. The number of nitrogens with zero attached hydrogens (tertiary/aromatic N) is 1. The van der Waals surface area contributed by atoms with Crippen LogP contribution in [0, 0.1) is 0 Å².